The first kappa shape index (κ1) is 28.8. The molecule has 3 aromatic rings. The number of aryl methyl sites for hydroxylation is 1. The van der Waals surface area contributed by atoms with E-state index in [1.165, 1.54) is 11.8 Å². The molecular weight excluding hydrogens is 536 g/mol. The maximum Gasteiger partial charge on any atom is 0.345 e. The van der Waals surface area contributed by atoms with E-state index in [1.807, 2.05) is 38.3 Å². The minimum absolute atomic E-state index is 0.134. The fourth-order valence-corrected chi connectivity index (χ4v) is 7.20. The lowest BCUT2D eigenvalue weighted by Crippen LogP contribution is -2.57. The van der Waals surface area contributed by atoms with Crippen molar-refractivity contribution in [3.05, 3.63) is 57.3 Å². The number of carbonyl (C=O) groups excluding carboxylic acids is 1. The van der Waals surface area contributed by atoms with Crippen molar-refractivity contribution in [3.8, 4) is 0 Å². The first-order valence-electron chi connectivity index (χ1n) is 13.9. The van der Waals surface area contributed by atoms with Gasteiger partial charge in [-0.25, -0.2) is 4.98 Å². The van der Waals surface area contributed by atoms with Gasteiger partial charge in [-0.2, -0.15) is 8.78 Å². The molecule has 8 nitrogen and oxygen atoms in total. The molecule has 0 aromatic carbocycles. The molecule has 0 bridgehead atoms. The van der Waals surface area contributed by atoms with Gasteiger partial charge in [0.2, 0.25) is 0 Å². The highest BCUT2D eigenvalue weighted by Gasteiger charge is 2.38. The number of aromatic amines is 1. The minimum atomic E-state index is -2.71. The Morgan fingerprint density at radius 1 is 1.25 bits per heavy atom. The van der Waals surface area contributed by atoms with Gasteiger partial charge in [0.25, 0.3) is 11.5 Å². The molecule has 11 heteroatoms. The molecule has 1 atom stereocenters. The van der Waals surface area contributed by atoms with Gasteiger partial charge >= 0.3 is 6.61 Å². The number of carbonyl (C=O) groups is 1. The fraction of sp³-hybridized carbons (Fsp3) is 0.552. The maximum atomic E-state index is 13.6. The van der Waals surface area contributed by atoms with Gasteiger partial charge in [-0.15, -0.1) is 11.8 Å². The Kier molecular flexibility index (Phi) is 8.63. The molecular formula is C29H37F2N5O3S. The third-order valence-electron chi connectivity index (χ3n) is 8.63. The van der Waals surface area contributed by atoms with Crippen molar-refractivity contribution in [2.45, 2.75) is 82.7 Å². The van der Waals surface area contributed by atoms with E-state index in [0.717, 1.165) is 53.0 Å². The van der Waals surface area contributed by atoms with E-state index >= 15 is 0 Å². The number of rotatable bonds is 9. The fourth-order valence-electron chi connectivity index (χ4n) is 6.50. The normalized spacial score (nSPS) is 21.1. The van der Waals surface area contributed by atoms with Crippen molar-refractivity contribution in [2.75, 3.05) is 19.3 Å². The first-order chi connectivity index (χ1) is 19.2. The molecule has 216 valence electrons. The van der Waals surface area contributed by atoms with Crippen LogP contribution in [0.2, 0.25) is 0 Å². The van der Waals surface area contributed by atoms with E-state index in [4.69, 9.17) is 0 Å². The second kappa shape index (κ2) is 12.0. The van der Waals surface area contributed by atoms with Gasteiger partial charge in [-0.1, -0.05) is 0 Å². The van der Waals surface area contributed by atoms with Crippen molar-refractivity contribution >= 4 is 28.7 Å². The average Bonchev–Trinajstić information content (AvgIpc) is 3.20. The average molecular weight is 574 g/mol. The van der Waals surface area contributed by atoms with Crippen LogP contribution in [0.3, 0.4) is 0 Å². The third kappa shape index (κ3) is 5.69. The largest absolute Gasteiger partial charge is 0.348 e. The van der Waals surface area contributed by atoms with Gasteiger partial charge in [0.15, 0.2) is 0 Å². The number of likely N-dealkylation sites (tertiary alicyclic amines) is 1. The summed E-state index contributed by atoms with van der Waals surface area (Å²) in [7, 11) is 0. The number of aromatic nitrogens is 3. The van der Waals surface area contributed by atoms with Crippen LogP contribution in [-0.2, 0) is 11.3 Å². The number of H-pyrrole nitrogens is 1. The predicted octanol–water partition coefficient (Wildman–Crippen LogP) is 5.04. The Balaban J connectivity index is 1.30. The molecule has 4 heterocycles. The number of pyridine rings is 2. The Hall–Kier alpha value is -2.76. The van der Waals surface area contributed by atoms with E-state index < -0.39 is 6.61 Å². The highest BCUT2D eigenvalue weighted by molar-refractivity contribution is 7.98. The standard InChI is InChI=1S/C29H37F2N5O3S/c1-16-12-24(40-4)23(27(37)34-16)13-33-28(38)25-18(3)36(26-22(25)6-5-11-32-26)17(2)19-7-9-20(10-8-19)35-14-21(15-35)39-29(30)31/h5-6,11-12,17,19-21,29H,7-10,13-15H2,1-4H3,(H,33,38)(H,34,37). The second-order valence-electron chi connectivity index (χ2n) is 11.0. The molecule has 2 N–H and O–H groups in total. The van der Waals surface area contributed by atoms with Gasteiger partial charge in [-0.3, -0.25) is 14.5 Å². The highest BCUT2D eigenvalue weighted by atomic mass is 32.2. The van der Waals surface area contributed by atoms with Gasteiger partial charge < -0.3 is 19.6 Å². The van der Waals surface area contributed by atoms with Crippen LogP contribution in [0.25, 0.3) is 11.0 Å². The van der Waals surface area contributed by atoms with Crippen LogP contribution in [0, 0.1) is 19.8 Å². The molecule has 2 aliphatic rings. The number of halogens is 2. The Bertz CT molecular complexity index is 1430. The van der Waals surface area contributed by atoms with Crippen molar-refractivity contribution in [1.29, 1.82) is 0 Å². The zero-order valence-corrected chi connectivity index (χ0v) is 24.2. The van der Waals surface area contributed by atoms with Crippen molar-refractivity contribution < 1.29 is 18.3 Å². The number of alkyl halides is 2. The summed E-state index contributed by atoms with van der Waals surface area (Å²) >= 11 is 1.49. The van der Waals surface area contributed by atoms with Gasteiger partial charge in [0, 0.05) is 65.1 Å². The summed E-state index contributed by atoms with van der Waals surface area (Å²) in [5.41, 5.74) is 3.37. The molecule has 1 amide bonds. The van der Waals surface area contributed by atoms with Crippen molar-refractivity contribution in [3.63, 3.8) is 0 Å². The van der Waals surface area contributed by atoms with E-state index in [0.29, 0.717) is 36.2 Å². The topological polar surface area (TPSA) is 92.2 Å². The maximum absolute atomic E-state index is 13.6. The van der Waals surface area contributed by atoms with Crippen LogP contribution in [0.5, 0.6) is 0 Å². The number of hydrogen-bond donors (Lipinski definition) is 2. The summed E-state index contributed by atoms with van der Waals surface area (Å²) in [5, 5.41) is 3.78. The van der Waals surface area contributed by atoms with Crippen LogP contribution in [0.15, 0.2) is 34.1 Å². The zero-order chi connectivity index (χ0) is 28.6. The second-order valence-corrected chi connectivity index (χ2v) is 11.8. The minimum Gasteiger partial charge on any atom is -0.348 e. The lowest BCUT2D eigenvalue weighted by atomic mass is 9.80. The van der Waals surface area contributed by atoms with E-state index in [-0.39, 0.29) is 30.2 Å². The Morgan fingerprint density at radius 3 is 2.65 bits per heavy atom. The Labute approximate surface area is 236 Å². The number of amides is 1. The summed E-state index contributed by atoms with van der Waals surface area (Å²) in [6, 6.07) is 6.22. The van der Waals surface area contributed by atoms with E-state index in [1.54, 1.807) is 6.20 Å². The molecule has 1 saturated heterocycles. The van der Waals surface area contributed by atoms with Crippen LogP contribution in [-0.4, -0.2) is 63.4 Å². The molecule has 5 rings (SSSR count). The number of hydrogen-bond acceptors (Lipinski definition) is 6. The summed E-state index contributed by atoms with van der Waals surface area (Å²) in [4.78, 5) is 36.8. The zero-order valence-electron chi connectivity index (χ0n) is 23.4. The van der Waals surface area contributed by atoms with Crippen LogP contribution in [0.4, 0.5) is 8.78 Å². The molecule has 3 aromatic heterocycles. The van der Waals surface area contributed by atoms with E-state index in [9.17, 15) is 18.4 Å². The van der Waals surface area contributed by atoms with Crippen LogP contribution >= 0.6 is 11.8 Å². The summed E-state index contributed by atoms with van der Waals surface area (Å²) in [6.07, 6.45) is 7.37. The summed E-state index contributed by atoms with van der Waals surface area (Å²) < 4.78 is 31.8. The van der Waals surface area contributed by atoms with Crippen molar-refractivity contribution in [1.82, 2.24) is 24.8 Å². The summed E-state index contributed by atoms with van der Waals surface area (Å²) in [5.74, 6) is 0.184. The number of nitrogens with one attached hydrogen (secondary N) is 2. The molecule has 1 aliphatic carbocycles. The predicted molar refractivity (Wildman–Crippen MR) is 152 cm³/mol. The first-order valence-corrected chi connectivity index (χ1v) is 15.1. The molecule has 1 unspecified atom stereocenters. The van der Waals surface area contributed by atoms with Crippen LogP contribution in [0.1, 0.15) is 66.0 Å². The Morgan fingerprint density at radius 2 is 1.98 bits per heavy atom. The van der Waals surface area contributed by atoms with Gasteiger partial charge in [-0.05, 0) is 76.8 Å². The monoisotopic (exact) mass is 573 g/mol. The SMILES string of the molecule is CSc1cc(C)[nH]c(=O)c1CNC(=O)c1c(C)n(C(C)C2CCC(N3CC(OC(F)F)C3)CC2)c2ncccc12. The molecule has 1 saturated carbocycles. The van der Waals surface area contributed by atoms with E-state index in [2.05, 4.69) is 36.4 Å². The number of nitrogens with zero attached hydrogens (tertiary/aromatic N) is 3. The number of fused-ring (bicyclic) bond motifs is 1. The number of thioether (sulfide) groups is 1. The summed E-state index contributed by atoms with van der Waals surface area (Å²) in [6.45, 7) is 4.58. The smallest absolute Gasteiger partial charge is 0.345 e. The number of ether oxygens (including phenoxy) is 1. The molecule has 40 heavy (non-hydrogen) atoms. The molecule has 0 spiro atoms. The molecule has 2 fully saturated rings. The van der Waals surface area contributed by atoms with Gasteiger partial charge in [0.1, 0.15) is 5.65 Å². The van der Waals surface area contributed by atoms with Crippen LogP contribution < -0.4 is 10.9 Å². The van der Waals surface area contributed by atoms with Crippen molar-refractivity contribution in [2.24, 2.45) is 5.92 Å². The third-order valence-corrected chi connectivity index (χ3v) is 9.43. The molecule has 0 radical (unpaired) electrons. The lowest BCUT2D eigenvalue weighted by molar-refractivity contribution is -0.202. The van der Waals surface area contributed by atoms with Gasteiger partial charge in [0.05, 0.1) is 11.7 Å². The molecule has 1 aliphatic heterocycles. The quantitative estimate of drug-likeness (QED) is 0.349. The lowest BCUT2D eigenvalue weighted by Gasteiger charge is -2.46. The highest BCUT2D eigenvalue weighted by Crippen LogP contribution is 2.39.